The lowest BCUT2D eigenvalue weighted by Crippen LogP contribution is -2.43. The normalized spacial score (nSPS) is 15.7. The van der Waals surface area contributed by atoms with Gasteiger partial charge in [0.1, 0.15) is 11.6 Å². The van der Waals surface area contributed by atoms with Gasteiger partial charge in [-0.1, -0.05) is 0 Å². The zero-order valence-corrected chi connectivity index (χ0v) is 13.5. The average molecular weight is 326 g/mol. The fourth-order valence-electron chi connectivity index (χ4n) is 1.98. The number of amides is 3. The number of alkyl carbamates (subject to hydrolysis) is 1. The number of carboxylic acid groups (broad SMARTS) is 1. The number of hydrogen-bond acceptors (Lipinski definition) is 5. The molecule has 0 aliphatic carbocycles. The van der Waals surface area contributed by atoms with E-state index in [0.717, 1.165) is 4.90 Å². The van der Waals surface area contributed by atoms with Crippen molar-refractivity contribution in [1.29, 1.82) is 0 Å². The molecule has 8 nitrogen and oxygen atoms in total. The van der Waals surface area contributed by atoms with Crippen LogP contribution in [0.2, 0.25) is 0 Å². The number of carbonyl (C=O) groups is 4. The molecular formula is C15H22N2O6. The van der Waals surface area contributed by atoms with Gasteiger partial charge in [-0.15, -0.1) is 0 Å². The summed E-state index contributed by atoms with van der Waals surface area (Å²) in [6.07, 6.45) is 2.68. The van der Waals surface area contributed by atoms with Crippen molar-refractivity contribution in [2.24, 2.45) is 0 Å². The Bertz CT molecular complexity index is 503. The van der Waals surface area contributed by atoms with Gasteiger partial charge in [0.05, 0.1) is 0 Å². The highest BCUT2D eigenvalue weighted by Gasteiger charge is 2.25. The van der Waals surface area contributed by atoms with Crippen LogP contribution in [-0.4, -0.2) is 52.1 Å². The summed E-state index contributed by atoms with van der Waals surface area (Å²) in [6, 6.07) is -1.08. The van der Waals surface area contributed by atoms with Crippen LogP contribution in [0, 0.1) is 0 Å². The molecule has 0 spiro atoms. The molecule has 0 aromatic rings. The maximum atomic E-state index is 11.6. The second-order valence-electron chi connectivity index (χ2n) is 6.19. The Kier molecular flexibility index (Phi) is 6.29. The first-order valence-corrected chi connectivity index (χ1v) is 7.36. The molecule has 0 aromatic carbocycles. The molecule has 2 N–H and O–H groups in total. The molecule has 0 radical (unpaired) electrons. The monoisotopic (exact) mass is 326 g/mol. The Labute approximate surface area is 134 Å². The Balaban J connectivity index is 2.36. The fourth-order valence-corrected chi connectivity index (χ4v) is 1.98. The molecule has 0 saturated heterocycles. The number of carboxylic acids is 1. The van der Waals surface area contributed by atoms with Crippen LogP contribution in [-0.2, 0) is 19.1 Å². The molecule has 128 valence electrons. The van der Waals surface area contributed by atoms with E-state index in [-0.39, 0.29) is 24.8 Å². The number of nitrogens with zero attached hydrogens (tertiary/aromatic N) is 1. The van der Waals surface area contributed by atoms with E-state index in [4.69, 9.17) is 9.84 Å². The lowest BCUT2D eigenvalue weighted by molar-refractivity contribution is -0.140. The maximum absolute atomic E-state index is 11.6. The van der Waals surface area contributed by atoms with Crippen LogP contribution in [0.1, 0.15) is 40.0 Å². The molecular weight excluding hydrogens is 304 g/mol. The molecule has 3 amide bonds. The number of rotatable bonds is 7. The van der Waals surface area contributed by atoms with E-state index in [1.54, 1.807) is 20.8 Å². The third kappa shape index (κ3) is 6.50. The SMILES string of the molecule is CC(C)(C)OC(=O)N[C@H](CCCCN1C(=O)C=CC1=O)C(=O)O. The largest absolute Gasteiger partial charge is 0.480 e. The summed E-state index contributed by atoms with van der Waals surface area (Å²) in [7, 11) is 0. The van der Waals surface area contributed by atoms with Crippen molar-refractivity contribution < 1.29 is 29.0 Å². The number of nitrogens with one attached hydrogen (secondary N) is 1. The molecule has 1 atom stereocenters. The zero-order valence-electron chi connectivity index (χ0n) is 13.5. The number of carbonyl (C=O) groups excluding carboxylic acids is 3. The van der Waals surface area contributed by atoms with Gasteiger partial charge in [-0.3, -0.25) is 14.5 Å². The van der Waals surface area contributed by atoms with Gasteiger partial charge in [0, 0.05) is 18.7 Å². The quantitative estimate of drug-likeness (QED) is 0.534. The van der Waals surface area contributed by atoms with Crippen LogP contribution in [0.25, 0.3) is 0 Å². The first-order valence-electron chi connectivity index (χ1n) is 7.36. The molecule has 1 aliphatic rings. The lowest BCUT2D eigenvalue weighted by atomic mass is 10.1. The lowest BCUT2D eigenvalue weighted by Gasteiger charge is -2.22. The Morgan fingerprint density at radius 2 is 1.78 bits per heavy atom. The van der Waals surface area contributed by atoms with Crippen molar-refractivity contribution in [2.75, 3.05) is 6.54 Å². The summed E-state index contributed by atoms with van der Waals surface area (Å²) < 4.78 is 5.01. The van der Waals surface area contributed by atoms with E-state index < -0.39 is 23.7 Å². The van der Waals surface area contributed by atoms with E-state index in [0.29, 0.717) is 12.8 Å². The van der Waals surface area contributed by atoms with E-state index in [1.807, 2.05) is 0 Å². The van der Waals surface area contributed by atoms with E-state index in [2.05, 4.69) is 5.32 Å². The number of ether oxygens (including phenoxy) is 1. The van der Waals surface area contributed by atoms with Crippen LogP contribution >= 0.6 is 0 Å². The maximum Gasteiger partial charge on any atom is 0.408 e. The number of aliphatic carboxylic acids is 1. The fraction of sp³-hybridized carbons (Fsp3) is 0.600. The Morgan fingerprint density at radius 3 is 2.26 bits per heavy atom. The van der Waals surface area contributed by atoms with Crippen LogP contribution in [0.15, 0.2) is 12.2 Å². The predicted octanol–water partition coefficient (Wildman–Crippen LogP) is 1.06. The minimum Gasteiger partial charge on any atom is -0.480 e. The first-order chi connectivity index (χ1) is 10.6. The highest BCUT2D eigenvalue weighted by atomic mass is 16.6. The summed E-state index contributed by atoms with van der Waals surface area (Å²) >= 11 is 0. The zero-order chi connectivity index (χ0) is 17.6. The van der Waals surface area contributed by atoms with Crippen molar-refractivity contribution in [3.63, 3.8) is 0 Å². The second kappa shape index (κ2) is 7.75. The minimum atomic E-state index is -1.16. The van der Waals surface area contributed by atoms with Crippen LogP contribution in [0.3, 0.4) is 0 Å². The summed E-state index contributed by atoms with van der Waals surface area (Å²) in [6.45, 7) is 5.27. The van der Waals surface area contributed by atoms with Crippen LogP contribution < -0.4 is 5.32 Å². The van der Waals surface area contributed by atoms with Gasteiger partial charge < -0.3 is 15.2 Å². The Morgan fingerprint density at radius 1 is 1.22 bits per heavy atom. The average Bonchev–Trinajstić information content (AvgIpc) is 2.71. The van der Waals surface area contributed by atoms with E-state index in [9.17, 15) is 19.2 Å². The van der Waals surface area contributed by atoms with Gasteiger partial charge in [-0.25, -0.2) is 9.59 Å². The molecule has 23 heavy (non-hydrogen) atoms. The second-order valence-corrected chi connectivity index (χ2v) is 6.19. The van der Waals surface area contributed by atoms with Crippen molar-refractivity contribution in [3.8, 4) is 0 Å². The van der Waals surface area contributed by atoms with Crippen molar-refractivity contribution >= 4 is 23.9 Å². The summed E-state index contributed by atoms with van der Waals surface area (Å²) in [4.78, 5) is 46.5. The van der Waals surface area contributed by atoms with E-state index in [1.165, 1.54) is 12.2 Å². The molecule has 1 rings (SSSR count). The van der Waals surface area contributed by atoms with Crippen molar-refractivity contribution in [2.45, 2.75) is 51.7 Å². The summed E-state index contributed by atoms with van der Waals surface area (Å²) in [5.74, 6) is -1.89. The molecule has 1 aliphatic heterocycles. The molecule has 1 heterocycles. The third-order valence-corrected chi connectivity index (χ3v) is 3.01. The van der Waals surface area contributed by atoms with Crippen molar-refractivity contribution in [3.05, 3.63) is 12.2 Å². The van der Waals surface area contributed by atoms with Gasteiger partial charge >= 0.3 is 12.1 Å². The smallest absolute Gasteiger partial charge is 0.408 e. The van der Waals surface area contributed by atoms with Crippen LogP contribution in [0.4, 0.5) is 4.79 Å². The van der Waals surface area contributed by atoms with Gasteiger partial charge in [0.2, 0.25) is 0 Å². The number of imide groups is 1. The molecule has 0 bridgehead atoms. The summed E-state index contributed by atoms with van der Waals surface area (Å²) in [5, 5.41) is 11.4. The molecule has 0 unspecified atom stereocenters. The van der Waals surface area contributed by atoms with Gasteiger partial charge in [0.25, 0.3) is 11.8 Å². The first kappa shape index (κ1) is 18.7. The number of hydrogen-bond donors (Lipinski definition) is 2. The topological polar surface area (TPSA) is 113 Å². The summed E-state index contributed by atoms with van der Waals surface area (Å²) in [5.41, 5.74) is -0.712. The van der Waals surface area contributed by atoms with Gasteiger partial charge in [-0.05, 0) is 40.0 Å². The molecule has 8 heteroatoms. The van der Waals surface area contributed by atoms with Crippen LogP contribution in [0.5, 0.6) is 0 Å². The molecule has 0 saturated carbocycles. The molecule has 0 fully saturated rings. The highest BCUT2D eigenvalue weighted by Crippen LogP contribution is 2.10. The Hall–Kier alpha value is -2.38. The number of unbranched alkanes of at least 4 members (excludes halogenated alkanes) is 1. The standard InChI is InChI=1S/C15H22N2O6/c1-15(2,3)23-14(22)16-10(13(20)21)6-4-5-9-17-11(18)7-8-12(17)19/h7-8,10H,4-6,9H2,1-3H3,(H,16,22)(H,20,21)/t10-/m1/s1. The van der Waals surface area contributed by atoms with Gasteiger partial charge in [0.15, 0.2) is 0 Å². The third-order valence-electron chi connectivity index (χ3n) is 3.01. The van der Waals surface area contributed by atoms with Gasteiger partial charge in [-0.2, -0.15) is 0 Å². The highest BCUT2D eigenvalue weighted by molar-refractivity contribution is 6.12. The molecule has 0 aromatic heterocycles. The predicted molar refractivity (Wildman–Crippen MR) is 80.5 cm³/mol. The van der Waals surface area contributed by atoms with E-state index >= 15 is 0 Å². The minimum absolute atomic E-state index is 0.179. The van der Waals surface area contributed by atoms with Crippen molar-refractivity contribution in [1.82, 2.24) is 10.2 Å².